The number of nitrogen functional groups attached to an aromatic ring is 2. The highest BCUT2D eigenvalue weighted by molar-refractivity contribution is 5.60. The van der Waals surface area contributed by atoms with Crippen LogP contribution in [0.15, 0.2) is 36.4 Å². The molecule has 0 spiro atoms. The molecule has 4 N–H and O–H groups in total. The van der Waals surface area contributed by atoms with E-state index < -0.39 is 0 Å². The summed E-state index contributed by atoms with van der Waals surface area (Å²) in [5.74, 6) is 2.03. The van der Waals surface area contributed by atoms with E-state index in [-0.39, 0.29) is 0 Å². The minimum atomic E-state index is 0.363. The van der Waals surface area contributed by atoms with E-state index in [0.29, 0.717) is 35.2 Å². The molecule has 0 fully saturated rings. The molecule has 0 aliphatic carbocycles. The van der Waals surface area contributed by atoms with E-state index in [0.717, 1.165) is 5.56 Å². The summed E-state index contributed by atoms with van der Waals surface area (Å²) in [5, 5.41) is 0. The van der Waals surface area contributed by atoms with Crippen molar-refractivity contribution in [3.05, 3.63) is 42.0 Å². The number of rotatable bonds is 5. The van der Waals surface area contributed by atoms with Crippen molar-refractivity contribution < 1.29 is 14.2 Å². The van der Waals surface area contributed by atoms with Gasteiger partial charge in [-0.2, -0.15) is 0 Å². The Balaban J connectivity index is 2.13. The third kappa shape index (κ3) is 3.26. The molecule has 2 aromatic carbocycles. The van der Waals surface area contributed by atoms with Gasteiger partial charge in [0.25, 0.3) is 0 Å². The maximum absolute atomic E-state index is 5.84. The van der Waals surface area contributed by atoms with Gasteiger partial charge in [0, 0.05) is 11.8 Å². The Bertz CT molecular complexity index is 577. The summed E-state index contributed by atoms with van der Waals surface area (Å²) in [5.41, 5.74) is 13.5. The van der Waals surface area contributed by atoms with Crippen molar-refractivity contribution in [3.8, 4) is 17.2 Å². The van der Waals surface area contributed by atoms with Crippen molar-refractivity contribution in [3.63, 3.8) is 0 Å². The second kappa shape index (κ2) is 6.06. The molecule has 0 unspecified atom stereocenters. The molecule has 0 aliphatic heterocycles. The maximum atomic E-state index is 5.84. The van der Waals surface area contributed by atoms with Crippen LogP contribution in [-0.2, 0) is 6.61 Å². The Hall–Kier alpha value is -2.56. The van der Waals surface area contributed by atoms with E-state index in [2.05, 4.69) is 0 Å². The topological polar surface area (TPSA) is 79.7 Å². The summed E-state index contributed by atoms with van der Waals surface area (Å²) in [7, 11) is 3.22. The Morgan fingerprint density at radius 3 is 2.10 bits per heavy atom. The van der Waals surface area contributed by atoms with Gasteiger partial charge in [0.15, 0.2) is 0 Å². The van der Waals surface area contributed by atoms with Gasteiger partial charge in [-0.05, 0) is 35.9 Å². The molecule has 5 nitrogen and oxygen atoms in total. The van der Waals surface area contributed by atoms with Crippen molar-refractivity contribution in [1.29, 1.82) is 0 Å². The zero-order chi connectivity index (χ0) is 14.5. The Morgan fingerprint density at radius 2 is 1.55 bits per heavy atom. The van der Waals surface area contributed by atoms with Gasteiger partial charge in [0.1, 0.15) is 23.9 Å². The summed E-state index contributed by atoms with van der Waals surface area (Å²) in [6, 6.07) is 10.7. The summed E-state index contributed by atoms with van der Waals surface area (Å²) < 4.78 is 16.1. The first-order chi connectivity index (χ1) is 9.62. The number of anilines is 2. The zero-order valence-corrected chi connectivity index (χ0v) is 11.6. The molecule has 0 aliphatic rings. The SMILES string of the molecule is COc1cc(COc2ccc(N)cc2N)cc(OC)c1. The van der Waals surface area contributed by atoms with Gasteiger partial charge < -0.3 is 25.7 Å². The molecule has 0 radical (unpaired) electrons. The zero-order valence-electron chi connectivity index (χ0n) is 11.6. The molecule has 0 bridgehead atoms. The van der Waals surface area contributed by atoms with Crippen molar-refractivity contribution in [1.82, 2.24) is 0 Å². The van der Waals surface area contributed by atoms with Gasteiger partial charge in [0.2, 0.25) is 0 Å². The van der Waals surface area contributed by atoms with E-state index >= 15 is 0 Å². The molecular formula is C15H18N2O3. The molecular weight excluding hydrogens is 256 g/mol. The van der Waals surface area contributed by atoms with Crippen LogP contribution >= 0.6 is 0 Å². The fourth-order valence-corrected chi connectivity index (χ4v) is 1.81. The average Bonchev–Trinajstić information content (AvgIpc) is 2.46. The first-order valence-electron chi connectivity index (χ1n) is 6.12. The van der Waals surface area contributed by atoms with Crippen molar-refractivity contribution in [2.24, 2.45) is 0 Å². The van der Waals surface area contributed by atoms with Gasteiger partial charge in [-0.1, -0.05) is 0 Å². The third-order valence-corrected chi connectivity index (χ3v) is 2.84. The number of benzene rings is 2. The van der Waals surface area contributed by atoms with E-state index in [1.807, 2.05) is 12.1 Å². The summed E-state index contributed by atoms with van der Waals surface area (Å²) in [4.78, 5) is 0. The predicted molar refractivity (Wildman–Crippen MR) is 79.1 cm³/mol. The van der Waals surface area contributed by atoms with Gasteiger partial charge in [-0.15, -0.1) is 0 Å². The Labute approximate surface area is 118 Å². The standard InChI is InChI=1S/C15H18N2O3/c1-18-12-5-10(6-13(8-12)19-2)9-20-15-4-3-11(16)7-14(15)17/h3-8H,9,16-17H2,1-2H3. The van der Waals surface area contributed by atoms with Gasteiger partial charge in [-0.3, -0.25) is 0 Å². The molecule has 0 saturated heterocycles. The first-order valence-corrected chi connectivity index (χ1v) is 6.12. The number of hydrogen-bond donors (Lipinski definition) is 2. The van der Waals surface area contributed by atoms with Gasteiger partial charge in [0.05, 0.1) is 19.9 Å². The smallest absolute Gasteiger partial charge is 0.142 e. The monoisotopic (exact) mass is 274 g/mol. The lowest BCUT2D eigenvalue weighted by Crippen LogP contribution is -2.00. The quantitative estimate of drug-likeness (QED) is 0.819. The van der Waals surface area contributed by atoms with Crippen LogP contribution in [0, 0.1) is 0 Å². The summed E-state index contributed by atoms with van der Waals surface area (Å²) in [6.45, 7) is 0.363. The second-order valence-electron chi connectivity index (χ2n) is 4.31. The molecule has 0 heterocycles. The Morgan fingerprint density at radius 1 is 0.900 bits per heavy atom. The molecule has 0 amide bonds. The fourth-order valence-electron chi connectivity index (χ4n) is 1.81. The van der Waals surface area contributed by atoms with E-state index in [1.54, 1.807) is 38.5 Å². The lowest BCUT2D eigenvalue weighted by Gasteiger charge is -2.11. The second-order valence-corrected chi connectivity index (χ2v) is 4.31. The van der Waals surface area contributed by atoms with Crippen LogP contribution in [0.1, 0.15) is 5.56 Å². The highest BCUT2D eigenvalue weighted by Gasteiger charge is 2.05. The molecule has 0 atom stereocenters. The molecule has 106 valence electrons. The van der Waals surface area contributed by atoms with Crippen molar-refractivity contribution in [2.75, 3.05) is 25.7 Å². The lowest BCUT2D eigenvalue weighted by atomic mass is 10.2. The largest absolute Gasteiger partial charge is 0.497 e. The molecule has 5 heteroatoms. The van der Waals surface area contributed by atoms with Crippen LogP contribution in [0.4, 0.5) is 11.4 Å². The van der Waals surface area contributed by atoms with Crippen LogP contribution in [0.25, 0.3) is 0 Å². The lowest BCUT2D eigenvalue weighted by molar-refractivity contribution is 0.305. The predicted octanol–water partition coefficient (Wildman–Crippen LogP) is 2.45. The maximum Gasteiger partial charge on any atom is 0.142 e. The van der Waals surface area contributed by atoms with E-state index in [1.165, 1.54) is 0 Å². The fraction of sp³-hybridized carbons (Fsp3) is 0.200. The van der Waals surface area contributed by atoms with Crippen molar-refractivity contribution in [2.45, 2.75) is 6.61 Å². The molecule has 0 saturated carbocycles. The van der Waals surface area contributed by atoms with Crippen LogP contribution in [-0.4, -0.2) is 14.2 Å². The molecule has 20 heavy (non-hydrogen) atoms. The molecule has 0 aromatic heterocycles. The highest BCUT2D eigenvalue weighted by atomic mass is 16.5. The van der Waals surface area contributed by atoms with E-state index in [9.17, 15) is 0 Å². The summed E-state index contributed by atoms with van der Waals surface area (Å²) >= 11 is 0. The van der Waals surface area contributed by atoms with Crippen LogP contribution in [0.2, 0.25) is 0 Å². The van der Waals surface area contributed by atoms with Crippen LogP contribution in [0.3, 0.4) is 0 Å². The number of methoxy groups -OCH3 is 2. The van der Waals surface area contributed by atoms with Crippen LogP contribution < -0.4 is 25.7 Å². The normalized spacial score (nSPS) is 10.1. The third-order valence-electron chi connectivity index (χ3n) is 2.84. The van der Waals surface area contributed by atoms with Crippen molar-refractivity contribution >= 4 is 11.4 Å². The molecule has 2 rings (SSSR count). The Kier molecular flexibility index (Phi) is 4.20. The number of nitrogens with two attached hydrogens (primary N) is 2. The van der Waals surface area contributed by atoms with Crippen LogP contribution in [0.5, 0.6) is 17.2 Å². The van der Waals surface area contributed by atoms with Gasteiger partial charge in [-0.25, -0.2) is 0 Å². The number of hydrogen-bond acceptors (Lipinski definition) is 5. The van der Waals surface area contributed by atoms with Gasteiger partial charge >= 0.3 is 0 Å². The van der Waals surface area contributed by atoms with E-state index in [4.69, 9.17) is 25.7 Å². The minimum Gasteiger partial charge on any atom is -0.497 e. The minimum absolute atomic E-state index is 0.363. The summed E-state index contributed by atoms with van der Waals surface area (Å²) in [6.07, 6.45) is 0. The average molecular weight is 274 g/mol. The highest BCUT2D eigenvalue weighted by Crippen LogP contribution is 2.27. The molecule has 2 aromatic rings. The first kappa shape index (κ1) is 13.9. The number of ether oxygens (including phenoxy) is 3.